The highest BCUT2D eigenvalue weighted by Gasteiger charge is 2.08. The Kier molecular flexibility index (Phi) is 3.66. The van der Waals surface area contributed by atoms with Crippen LogP contribution in [0.1, 0.15) is 21.8 Å². The molecule has 5 nitrogen and oxygen atoms in total. The molecule has 94 valence electrons. The van der Waals surface area contributed by atoms with E-state index < -0.39 is 0 Å². The van der Waals surface area contributed by atoms with E-state index in [1.165, 1.54) is 24.5 Å². The summed E-state index contributed by atoms with van der Waals surface area (Å²) in [6, 6.07) is 4.24. The van der Waals surface area contributed by atoms with E-state index in [9.17, 15) is 9.18 Å². The molecule has 0 saturated carbocycles. The van der Waals surface area contributed by atoms with Crippen molar-refractivity contribution in [3.05, 3.63) is 47.4 Å². The Morgan fingerprint density at radius 2 is 2.33 bits per heavy atom. The van der Waals surface area contributed by atoms with Crippen LogP contribution < -0.4 is 5.32 Å². The molecule has 2 aromatic rings. The minimum atomic E-state index is -0.322. The number of nitrogens with zero attached hydrogens (tertiary/aromatic N) is 2. The number of nitrogens with one attached hydrogen (secondary N) is 1. The molecule has 1 N–H and O–H groups in total. The largest absolute Gasteiger partial charge is 0.352 e. The molecule has 0 radical (unpaired) electrons. The van der Waals surface area contributed by atoms with Crippen LogP contribution in [-0.4, -0.2) is 22.6 Å². The van der Waals surface area contributed by atoms with Crippen molar-refractivity contribution in [2.75, 3.05) is 6.54 Å². The van der Waals surface area contributed by atoms with Crippen molar-refractivity contribution in [2.45, 2.75) is 13.3 Å². The van der Waals surface area contributed by atoms with E-state index in [1.807, 2.05) is 0 Å². The fraction of sp³-hybridized carbons (Fsp3) is 0.250. The molecule has 0 aliphatic rings. The van der Waals surface area contributed by atoms with Crippen molar-refractivity contribution < 1.29 is 13.7 Å². The molecule has 0 saturated heterocycles. The van der Waals surface area contributed by atoms with Crippen molar-refractivity contribution in [1.82, 2.24) is 15.5 Å². The second-order valence-corrected chi connectivity index (χ2v) is 3.80. The lowest BCUT2D eigenvalue weighted by Gasteiger charge is -2.04. The number of halogens is 1. The van der Waals surface area contributed by atoms with Crippen LogP contribution in [0.5, 0.6) is 0 Å². The van der Waals surface area contributed by atoms with Crippen LogP contribution in [-0.2, 0) is 6.42 Å². The topological polar surface area (TPSA) is 68.0 Å². The number of aromatic nitrogens is 2. The molecule has 0 aliphatic heterocycles. The third kappa shape index (κ3) is 2.91. The first-order chi connectivity index (χ1) is 8.66. The van der Waals surface area contributed by atoms with Crippen molar-refractivity contribution in [2.24, 2.45) is 0 Å². The Labute approximate surface area is 103 Å². The summed E-state index contributed by atoms with van der Waals surface area (Å²) in [7, 11) is 0. The van der Waals surface area contributed by atoms with E-state index in [0.717, 1.165) is 0 Å². The SMILES string of the molecule is Cc1cc(C(=O)NCCc2ncno2)ccc1F. The smallest absolute Gasteiger partial charge is 0.251 e. The normalized spacial score (nSPS) is 10.3. The second kappa shape index (κ2) is 5.39. The number of amides is 1. The molecule has 0 fully saturated rings. The van der Waals surface area contributed by atoms with E-state index in [0.29, 0.717) is 30.0 Å². The first-order valence-corrected chi connectivity index (χ1v) is 5.46. The number of rotatable bonds is 4. The molecule has 2 rings (SSSR count). The molecule has 0 unspecified atom stereocenters. The van der Waals surface area contributed by atoms with Crippen LogP contribution in [0.2, 0.25) is 0 Å². The summed E-state index contributed by atoms with van der Waals surface area (Å²) in [6.07, 6.45) is 1.77. The summed E-state index contributed by atoms with van der Waals surface area (Å²) in [5.74, 6) is -0.111. The van der Waals surface area contributed by atoms with E-state index in [1.54, 1.807) is 6.92 Å². The lowest BCUT2D eigenvalue weighted by atomic mass is 10.1. The monoisotopic (exact) mass is 249 g/mol. The van der Waals surface area contributed by atoms with Gasteiger partial charge in [-0.2, -0.15) is 4.98 Å². The van der Waals surface area contributed by atoms with Gasteiger partial charge in [-0.15, -0.1) is 0 Å². The van der Waals surface area contributed by atoms with Gasteiger partial charge in [-0.05, 0) is 30.7 Å². The van der Waals surface area contributed by atoms with Gasteiger partial charge >= 0.3 is 0 Å². The summed E-state index contributed by atoms with van der Waals surface area (Å²) < 4.78 is 17.8. The van der Waals surface area contributed by atoms with Crippen LogP contribution in [0.3, 0.4) is 0 Å². The summed E-state index contributed by atoms with van der Waals surface area (Å²) in [5.41, 5.74) is 0.874. The van der Waals surface area contributed by atoms with Gasteiger partial charge in [-0.1, -0.05) is 5.16 Å². The van der Waals surface area contributed by atoms with Crippen LogP contribution in [0.4, 0.5) is 4.39 Å². The lowest BCUT2D eigenvalue weighted by Crippen LogP contribution is -2.25. The third-order valence-electron chi connectivity index (χ3n) is 2.45. The Balaban J connectivity index is 1.89. The van der Waals surface area contributed by atoms with Crippen molar-refractivity contribution >= 4 is 5.91 Å². The van der Waals surface area contributed by atoms with Gasteiger partial charge in [-0.3, -0.25) is 4.79 Å². The second-order valence-electron chi connectivity index (χ2n) is 3.80. The average Bonchev–Trinajstić information content (AvgIpc) is 2.85. The van der Waals surface area contributed by atoms with Crippen molar-refractivity contribution in [3.63, 3.8) is 0 Å². The quantitative estimate of drug-likeness (QED) is 0.891. The van der Waals surface area contributed by atoms with Gasteiger partial charge in [0.05, 0.1) is 0 Å². The Morgan fingerprint density at radius 3 is 3.00 bits per heavy atom. The Bertz CT molecular complexity index is 540. The molecule has 1 amide bonds. The highest BCUT2D eigenvalue weighted by molar-refractivity contribution is 5.94. The van der Waals surface area contributed by atoms with Crippen LogP contribution in [0.25, 0.3) is 0 Å². The van der Waals surface area contributed by atoms with E-state index in [-0.39, 0.29) is 11.7 Å². The predicted octanol–water partition coefficient (Wildman–Crippen LogP) is 1.49. The number of hydrogen-bond acceptors (Lipinski definition) is 4. The number of hydrogen-bond donors (Lipinski definition) is 1. The Hall–Kier alpha value is -2.24. The van der Waals surface area contributed by atoms with Crippen LogP contribution in [0.15, 0.2) is 29.0 Å². The standard InChI is InChI=1S/C12H12FN3O2/c1-8-6-9(2-3-10(8)13)12(17)14-5-4-11-15-7-16-18-11/h2-3,6-7H,4-5H2,1H3,(H,14,17). The van der Waals surface area contributed by atoms with Gasteiger partial charge in [0.15, 0.2) is 6.33 Å². The fourth-order valence-corrected chi connectivity index (χ4v) is 1.48. The van der Waals surface area contributed by atoms with Crippen LogP contribution in [0, 0.1) is 12.7 Å². The molecule has 0 bridgehead atoms. The van der Waals surface area contributed by atoms with Gasteiger partial charge in [0, 0.05) is 18.5 Å². The highest BCUT2D eigenvalue weighted by Crippen LogP contribution is 2.09. The number of carbonyl (C=O) groups excluding carboxylic acids is 1. The summed E-state index contributed by atoms with van der Waals surface area (Å²) in [6.45, 7) is 2.00. The molecule has 18 heavy (non-hydrogen) atoms. The maximum absolute atomic E-state index is 13.0. The zero-order valence-corrected chi connectivity index (χ0v) is 9.81. The molecule has 6 heteroatoms. The third-order valence-corrected chi connectivity index (χ3v) is 2.45. The first-order valence-electron chi connectivity index (χ1n) is 5.46. The van der Waals surface area contributed by atoms with Crippen LogP contribution >= 0.6 is 0 Å². The zero-order valence-electron chi connectivity index (χ0n) is 9.81. The zero-order chi connectivity index (χ0) is 13.0. The number of benzene rings is 1. The average molecular weight is 249 g/mol. The molecule has 0 aliphatic carbocycles. The number of carbonyl (C=O) groups is 1. The van der Waals surface area contributed by atoms with E-state index in [2.05, 4.69) is 15.5 Å². The Morgan fingerprint density at radius 1 is 1.50 bits per heavy atom. The molecule has 0 atom stereocenters. The van der Waals surface area contributed by atoms with Crippen molar-refractivity contribution in [1.29, 1.82) is 0 Å². The van der Waals surface area contributed by atoms with Gasteiger partial charge in [0.1, 0.15) is 5.82 Å². The summed E-state index contributed by atoms with van der Waals surface area (Å²) in [4.78, 5) is 15.6. The van der Waals surface area contributed by atoms with Gasteiger partial charge in [0.25, 0.3) is 5.91 Å². The molecular weight excluding hydrogens is 237 g/mol. The van der Waals surface area contributed by atoms with Gasteiger partial charge < -0.3 is 9.84 Å². The van der Waals surface area contributed by atoms with E-state index in [4.69, 9.17) is 4.52 Å². The first kappa shape index (κ1) is 12.2. The predicted molar refractivity (Wildman–Crippen MR) is 61.5 cm³/mol. The molecule has 0 spiro atoms. The number of aryl methyl sites for hydroxylation is 1. The summed E-state index contributed by atoms with van der Waals surface area (Å²) >= 11 is 0. The maximum atomic E-state index is 13.0. The minimum absolute atomic E-state index is 0.252. The maximum Gasteiger partial charge on any atom is 0.251 e. The minimum Gasteiger partial charge on any atom is -0.352 e. The molecule has 1 aromatic heterocycles. The van der Waals surface area contributed by atoms with Gasteiger partial charge in [0.2, 0.25) is 5.89 Å². The fourth-order valence-electron chi connectivity index (χ4n) is 1.48. The van der Waals surface area contributed by atoms with Gasteiger partial charge in [-0.25, -0.2) is 4.39 Å². The molecule has 1 aromatic carbocycles. The highest BCUT2D eigenvalue weighted by atomic mass is 19.1. The molecule has 1 heterocycles. The van der Waals surface area contributed by atoms with Crippen molar-refractivity contribution in [3.8, 4) is 0 Å². The summed E-state index contributed by atoms with van der Waals surface area (Å²) in [5, 5.41) is 6.15. The lowest BCUT2D eigenvalue weighted by molar-refractivity contribution is 0.0953. The van der Waals surface area contributed by atoms with E-state index >= 15 is 0 Å². The molecular formula is C12H12FN3O2.